The molecular formula is C13H9BrCl2N2O2. The highest BCUT2D eigenvalue weighted by Crippen LogP contribution is 2.35. The van der Waals surface area contributed by atoms with Crippen molar-refractivity contribution in [2.75, 3.05) is 11.1 Å². The quantitative estimate of drug-likeness (QED) is 0.674. The molecule has 4 N–H and O–H groups in total. The molecule has 0 amide bonds. The van der Waals surface area contributed by atoms with Crippen molar-refractivity contribution in [1.82, 2.24) is 0 Å². The molecule has 2 aromatic carbocycles. The van der Waals surface area contributed by atoms with E-state index in [0.717, 1.165) is 4.47 Å². The molecule has 0 heterocycles. The number of hydrogen-bond donors (Lipinski definition) is 3. The van der Waals surface area contributed by atoms with Gasteiger partial charge < -0.3 is 16.2 Å². The van der Waals surface area contributed by atoms with Crippen molar-refractivity contribution in [2.24, 2.45) is 0 Å². The van der Waals surface area contributed by atoms with Gasteiger partial charge in [-0.25, -0.2) is 4.79 Å². The molecule has 0 aliphatic rings. The second kappa shape index (κ2) is 5.91. The maximum absolute atomic E-state index is 11.3. The number of anilines is 3. The van der Waals surface area contributed by atoms with Crippen LogP contribution < -0.4 is 11.1 Å². The predicted molar refractivity (Wildman–Crippen MR) is 85.3 cm³/mol. The Labute approximate surface area is 133 Å². The molecule has 0 spiro atoms. The molecule has 7 heteroatoms. The second-order valence-electron chi connectivity index (χ2n) is 3.98. The van der Waals surface area contributed by atoms with Crippen molar-refractivity contribution < 1.29 is 9.90 Å². The molecule has 0 unspecified atom stereocenters. The zero-order valence-corrected chi connectivity index (χ0v) is 13.1. The van der Waals surface area contributed by atoms with E-state index in [9.17, 15) is 9.90 Å². The van der Waals surface area contributed by atoms with Crippen molar-refractivity contribution in [1.29, 1.82) is 0 Å². The first-order chi connectivity index (χ1) is 9.38. The van der Waals surface area contributed by atoms with E-state index >= 15 is 0 Å². The smallest absolute Gasteiger partial charge is 0.337 e. The molecule has 2 aromatic rings. The fourth-order valence-electron chi connectivity index (χ4n) is 1.65. The number of carboxylic acids is 1. The van der Waals surface area contributed by atoms with Crippen LogP contribution in [-0.2, 0) is 0 Å². The summed E-state index contributed by atoms with van der Waals surface area (Å²) in [6, 6.07) is 7.99. The van der Waals surface area contributed by atoms with Gasteiger partial charge in [-0.3, -0.25) is 0 Å². The molecule has 0 radical (unpaired) electrons. The Kier molecular flexibility index (Phi) is 4.42. The third-order valence-electron chi connectivity index (χ3n) is 2.53. The van der Waals surface area contributed by atoms with Crippen molar-refractivity contribution in [3.05, 3.63) is 50.4 Å². The maximum atomic E-state index is 11.3. The fourth-order valence-corrected chi connectivity index (χ4v) is 2.45. The van der Waals surface area contributed by atoms with E-state index in [2.05, 4.69) is 21.2 Å². The van der Waals surface area contributed by atoms with E-state index in [4.69, 9.17) is 28.9 Å². The molecule has 0 aliphatic carbocycles. The predicted octanol–water partition coefficient (Wildman–Crippen LogP) is 4.78. The molecule has 0 saturated carbocycles. The first kappa shape index (κ1) is 15.0. The van der Waals surface area contributed by atoms with E-state index in [1.54, 1.807) is 18.2 Å². The van der Waals surface area contributed by atoms with E-state index in [1.807, 2.05) is 0 Å². The third kappa shape index (κ3) is 3.17. The number of rotatable bonds is 3. The number of hydrogen-bond acceptors (Lipinski definition) is 3. The SMILES string of the molecule is Nc1cc(Cl)c(Nc2cc(Br)ccc2Cl)c(C(=O)O)c1. The summed E-state index contributed by atoms with van der Waals surface area (Å²) in [5.74, 6) is -1.13. The molecular weight excluding hydrogens is 367 g/mol. The normalized spacial score (nSPS) is 10.3. The Morgan fingerprint density at radius 2 is 1.90 bits per heavy atom. The van der Waals surface area contributed by atoms with Gasteiger partial charge in [0.15, 0.2) is 0 Å². The summed E-state index contributed by atoms with van der Waals surface area (Å²) >= 11 is 15.4. The molecule has 2 rings (SSSR count). The van der Waals surface area contributed by atoms with Gasteiger partial charge in [0.2, 0.25) is 0 Å². The summed E-state index contributed by atoms with van der Waals surface area (Å²) in [7, 11) is 0. The largest absolute Gasteiger partial charge is 0.478 e. The summed E-state index contributed by atoms with van der Waals surface area (Å²) in [6.45, 7) is 0. The number of nitrogen functional groups attached to an aromatic ring is 1. The van der Waals surface area contributed by atoms with Gasteiger partial charge in [-0.2, -0.15) is 0 Å². The first-order valence-corrected chi connectivity index (χ1v) is 6.98. The number of nitrogens with two attached hydrogens (primary N) is 1. The van der Waals surface area contributed by atoms with E-state index in [-0.39, 0.29) is 22.0 Å². The van der Waals surface area contributed by atoms with Crippen LogP contribution in [-0.4, -0.2) is 11.1 Å². The highest BCUT2D eigenvalue weighted by atomic mass is 79.9. The van der Waals surface area contributed by atoms with Crippen molar-refractivity contribution in [2.45, 2.75) is 0 Å². The number of halogens is 3. The van der Waals surface area contributed by atoms with E-state index < -0.39 is 5.97 Å². The number of benzene rings is 2. The number of nitrogens with one attached hydrogen (secondary N) is 1. The minimum Gasteiger partial charge on any atom is -0.478 e. The van der Waals surface area contributed by atoms with Crippen molar-refractivity contribution in [3.8, 4) is 0 Å². The molecule has 20 heavy (non-hydrogen) atoms. The first-order valence-electron chi connectivity index (χ1n) is 5.43. The van der Waals surface area contributed by atoms with Crippen LogP contribution in [0.3, 0.4) is 0 Å². The Hall–Kier alpha value is -1.43. The zero-order chi connectivity index (χ0) is 14.9. The molecule has 0 fully saturated rings. The average Bonchev–Trinajstić information content (AvgIpc) is 2.36. The molecule has 0 bridgehead atoms. The van der Waals surface area contributed by atoms with Gasteiger partial charge in [-0.1, -0.05) is 39.1 Å². The third-order valence-corrected chi connectivity index (χ3v) is 3.65. The fraction of sp³-hybridized carbons (Fsp3) is 0. The lowest BCUT2D eigenvalue weighted by Crippen LogP contribution is -2.05. The van der Waals surface area contributed by atoms with Crippen LogP contribution >= 0.6 is 39.1 Å². The highest BCUT2D eigenvalue weighted by Gasteiger charge is 2.16. The van der Waals surface area contributed by atoms with Crippen molar-refractivity contribution >= 4 is 62.2 Å². The van der Waals surface area contributed by atoms with Gasteiger partial charge in [0.1, 0.15) is 0 Å². The van der Waals surface area contributed by atoms with Gasteiger partial charge in [0.05, 0.1) is 27.0 Å². The lowest BCUT2D eigenvalue weighted by atomic mass is 10.1. The summed E-state index contributed by atoms with van der Waals surface area (Å²) in [5.41, 5.74) is 6.64. The molecule has 4 nitrogen and oxygen atoms in total. The van der Waals surface area contributed by atoms with Gasteiger partial charge >= 0.3 is 5.97 Å². The van der Waals surface area contributed by atoms with Gasteiger partial charge in [-0.15, -0.1) is 0 Å². The lowest BCUT2D eigenvalue weighted by Gasteiger charge is -2.14. The van der Waals surface area contributed by atoms with E-state index in [1.165, 1.54) is 12.1 Å². The Morgan fingerprint density at radius 3 is 2.55 bits per heavy atom. The van der Waals surface area contributed by atoms with Crippen molar-refractivity contribution in [3.63, 3.8) is 0 Å². The minimum atomic E-state index is -1.13. The minimum absolute atomic E-state index is 0.0222. The van der Waals surface area contributed by atoms with Gasteiger partial charge in [0.25, 0.3) is 0 Å². The number of carboxylic acid groups (broad SMARTS) is 1. The van der Waals surface area contributed by atoms with Crippen LogP contribution in [0.15, 0.2) is 34.8 Å². The van der Waals surface area contributed by atoms with E-state index in [0.29, 0.717) is 10.7 Å². The topological polar surface area (TPSA) is 75.3 Å². The number of carbonyl (C=O) groups is 1. The van der Waals surface area contributed by atoms with Crippen LogP contribution in [0.1, 0.15) is 10.4 Å². The standard InChI is InChI=1S/C13H9BrCl2N2O2/c14-6-1-2-9(15)11(3-6)18-12-8(13(19)20)4-7(17)5-10(12)16/h1-5,18H,17H2,(H,19,20). The highest BCUT2D eigenvalue weighted by molar-refractivity contribution is 9.10. The second-order valence-corrected chi connectivity index (χ2v) is 5.71. The van der Waals surface area contributed by atoms with Crippen LogP contribution in [0.25, 0.3) is 0 Å². The maximum Gasteiger partial charge on any atom is 0.337 e. The van der Waals surface area contributed by atoms with Gasteiger partial charge in [0, 0.05) is 10.2 Å². The Balaban J connectivity index is 2.53. The molecule has 0 atom stereocenters. The van der Waals surface area contributed by atoms with Crippen LogP contribution in [0.4, 0.5) is 17.1 Å². The Morgan fingerprint density at radius 1 is 1.20 bits per heavy atom. The van der Waals surface area contributed by atoms with Gasteiger partial charge in [-0.05, 0) is 30.3 Å². The monoisotopic (exact) mass is 374 g/mol. The average molecular weight is 376 g/mol. The summed E-state index contributed by atoms with van der Waals surface area (Å²) in [4.78, 5) is 11.3. The summed E-state index contributed by atoms with van der Waals surface area (Å²) in [5, 5.41) is 12.8. The number of aromatic carboxylic acids is 1. The lowest BCUT2D eigenvalue weighted by molar-refractivity contribution is 0.0698. The Bertz CT molecular complexity index is 692. The summed E-state index contributed by atoms with van der Waals surface area (Å²) in [6.07, 6.45) is 0. The molecule has 104 valence electrons. The molecule has 0 saturated heterocycles. The van der Waals surface area contributed by atoms with Crippen LogP contribution in [0.2, 0.25) is 10.0 Å². The molecule has 0 aliphatic heterocycles. The summed E-state index contributed by atoms with van der Waals surface area (Å²) < 4.78 is 0.799. The van der Waals surface area contributed by atoms with Crippen LogP contribution in [0.5, 0.6) is 0 Å². The zero-order valence-electron chi connectivity index (χ0n) is 9.95. The van der Waals surface area contributed by atoms with Crippen LogP contribution in [0, 0.1) is 0 Å². The molecule has 0 aromatic heterocycles.